The van der Waals surface area contributed by atoms with Gasteiger partial charge >= 0.3 is 0 Å². The number of nitrogens with zero attached hydrogens (tertiary/aromatic N) is 2. The maximum absolute atomic E-state index is 13.6. The normalized spacial score (nSPS) is 10.7. The molecule has 1 heterocycles. The van der Waals surface area contributed by atoms with E-state index >= 15 is 0 Å². The lowest BCUT2D eigenvalue weighted by Gasteiger charge is -2.10. The molecule has 0 aliphatic carbocycles. The summed E-state index contributed by atoms with van der Waals surface area (Å²) in [4.78, 5) is 11.7. The molecule has 1 aromatic carbocycles. The van der Waals surface area contributed by atoms with Gasteiger partial charge in [-0.1, -0.05) is 6.07 Å². The highest BCUT2D eigenvalue weighted by molar-refractivity contribution is 5.35. The summed E-state index contributed by atoms with van der Waals surface area (Å²) in [5, 5.41) is 16.0. The van der Waals surface area contributed by atoms with Crippen molar-refractivity contribution in [3.8, 4) is 11.4 Å². The number of aromatic nitrogens is 2. The predicted molar refractivity (Wildman–Crippen MR) is 64.2 cm³/mol. The summed E-state index contributed by atoms with van der Waals surface area (Å²) >= 11 is 0. The Morgan fingerprint density at radius 2 is 2.00 bits per heavy atom. The first-order valence-electron chi connectivity index (χ1n) is 5.45. The van der Waals surface area contributed by atoms with Crippen molar-refractivity contribution in [1.29, 1.82) is 0 Å². The third-order valence-corrected chi connectivity index (χ3v) is 2.48. The Bertz CT molecular complexity index is 650. The van der Waals surface area contributed by atoms with Crippen LogP contribution in [0.15, 0.2) is 29.1 Å². The molecule has 0 aliphatic rings. The van der Waals surface area contributed by atoms with E-state index < -0.39 is 22.9 Å². The summed E-state index contributed by atoms with van der Waals surface area (Å²) in [5.74, 6) is -2.14. The molecule has 0 saturated heterocycles. The monoisotopic (exact) mass is 267 g/mol. The zero-order valence-electron chi connectivity index (χ0n) is 10.0. The van der Waals surface area contributed by atoms with E-state index in [0.29, 0.717) is 4.68 Å². The van der Waals surface area contributed by atoms with Crippen LogP contribution in [0.1, 0.15) is 5.69 Å². The fourth-order valence-electron chi connectivity index (χ4n) is 1.63. The number of hydrogen-bond acceptors (Lipinski definition) is 4. The van der Waals surface area contributed by atoms with E-state index in [2.05, 4.69) is 10.4 Å². The van der Waals surface area contributed by atoms with E-state index in [-0.39, 0.29) is 18.0 Å². The molecule has 0 amide bonds. The largest absolute Gasteiger partial charge is 0.506 e. The van der Waals surface area contributed by atoms with Crippen LogP contribution in [-0.4, -0.2) is 21.9 Å². The van der Waals surface area contributed by atoms with Crippen LogP contribution < -0.4 is 10.9 Å². The zero-order valence-corrected chi connectivity index (χ0v) is 10.0. The standard InChI is InChI=1S/C12H11F2N3O2/c1-15-6-9-10(18)5-11(19)17(16-9)12-7(13)3-2-4-8(12)14/h2-5,15,18H,6H2,1H3. The molecule has 0 unspecified atom stereocenters. The molecule has 0 atom stereocenters. The molecule has 0 spiro atoms. The summed E-state index contributed by atoms with van der Waals surface area (Å²) in [5.41, 5.74) is -1.27. The lowest BCUT2D eigenvalue weighted by Crippen LogP contribution is -2.25. The van der Waals surface area contributed by atoms with Crippen LogP contribution in [0.2, 0.25) is 0 Å². The van der Waals surface area contributed by atoms with Gasteiger partial charge in [0.25, 0.3) is 5.56 Å². The van der Waals surface area contributed by atoms with E-state index in [4.69, 9.17) is 0 Å². The van der Waals surface area contributed by atoms with Gasteiger partial charge in [0.15, 0.2) is 11.6 Å². The molecule has 100 valence electrons. The van der Waals surface area contributed by atoms with E-state index in [1.165, 1.54) is 6.07 Å². The van der Waals surface area contributed by atoms with Gasteiger partial charge in [-0.2, -0.15) is 9.78 Å². The van der Waals surface area contributed by atoms with Gasteiger partial charge < -0.3 is 10.4 Å². The van der Waals surface area contributed by atoms with Gasteiger partial charge in [0, 0.05) is 12.6 Å². The Hall–Kier alpha value is -2.28. The third-order valence-electron chi connectivity index (χ3n) is 2.48. The fraction of sp³-hybridized carbons (Fsp3) is 0.167. The SMILES string of the molecule is CNCc1nn(-c2c(F)cccc2F)c(=O)cc1O. The van der Waals surface area contributed by atoms with Gasteiger partial charge in [0.05, 0.1) is 0 Å². The quantitative estimate of drug-likeness (QED) is 0.868. The maximum Gasteiger partial charge on any atom is 0.275 e. The Morgan fingerprint density at radius 1 is 1.37 bits per heavy atom. The van der Waals surface area contributed by atoms with Crippen LogP contribution in [0.25, 0.3) is 5.69 Å². The van der Waals surface area contributed by atoms with E-state index in [0.717, 1.165) is 18.2 Å². The number of hydrogen-bond donors (Lipinski definition) is 2. The van der Waals surface area contributed by atoms with Crippen molar-refractivity contribution >= 4 is 0 Å². The molecule has 0 bridgehead atoms. The predicted octanol–water partition coefficient (Wildman–Crippen LogP) is 0.936. The number of aromatic hydroxyl groups is 1. The number of rotatable bonds is 3. The minimum absolute atomic E-state index is 0.116. The molecular formula is C12H11F2N3O2. The van der Waals surface area contributed by atoms with Crippen molar-refractivity contribution < 1.29 is 13.9 Å². The summed E-state index contributed by atoms with van der Waals surface area (Å²) in [6, 6.07) is 4.11. The van der Waals surface area contributed by atoms with Gasteiger partial charge in [-0.15, -0.1) is 0 Å². The van der Waals surface area contributed by atoms with Crippen molar-refractivity contribution in [3.63, 3.8) is 0 Å². The number of halogens is 2. The molecule has 1 aromatic heterocycles. The Morgan fingerprint density at radius 3 is 2.58 bits per heavy atom. The minimum atomic E-state index is -0.907. The Kier molecular flexibility index (Phi) is 3.57. The van der Waals surface area contributed by atoms with E-state index in [1.54, 1.807) is 7.05 Å². The summed E-state index contributed by atoms with van der Waals surface area (Å²) < 4.78 is 27.8. The van der Waals surface area contributed by atoms with Crippen LogP contribution in [0.3, 0.4) is 0 Å². The van der Waals surface area contributed by atoms with Crippen molar-refractivity contribution in [2.24, 2.45) is 0 Å². The van der Waals surface area contributed by atoms with Gasteiger partial charge in [-0.3, -0.25) is 4.79 Å². The molecule has 2 aromatic rings. The van der Waals surface area contributed by atoms with Crippen molar-refractivity contribution in [1.82, 2.24) is 15.1 Å². The van der Waals surface area contributed by atoms with Gasteiger partial charge in [-0.05, 0) is 19.2 Å². The van der Waals surface area contributed by atoms with Crippen molar-refractivity contribution in [2.45, 2.75) is 6.54 Å². The van der Waals surface area contributed by atoms with Crippen LogP contribution >= 0.6 is 0 Å². The Labute approximate surface area is 107 Å². The second kappa shape index (κ2) is 5.15. The van der Waals surface area contributed by atoms with Crippen LogP contribution in [0, 0.1) is 11.6 Å². The first-order valence-corrected chi connectivity index (χ1v) is 5.45. The minimum Gasteiger partial charge on any atom is -0.506 e. The lowest BCUT2D eigenvalue weighted by atomic mass is 10.3. The highest BCUT2D eigenvalue weighted by atomic mass is 19.1. The zero-order chi connectivity index (χ0) is 14.0. The molecular weight excluding hydrogens is 256 g/mol. The van der Waals surface area contributed by atoms with E-state index in [1.807, 2.05) is 0 Å². The molecule has 7 heteroatoms. The molecule has 2 N–H and O–H groups in total. The topological polar surface area (TPSA) is 67.2 Å². The Balaban J connectivity index is 2.69. The molecule has 5 nitrogen and oxygen atoms in total. The van der Waals surface area contributed by atoms with Crippen LogP contribution in [0.5, 0.6) is 5.75 Å². The second-order valence-electron chi connectivity index (χ2n) is 3.83. The third kappa shape index (κ3) is 2.45. The highest BCUT2D eigenvalue weighted by Crippen LogP contribution is 2.17. The average Bonchev–Trinajstić information content (AvgIpc) is 2.34. The molecule has 0 aliphatic heterocycles. The van der Waals surface area contributed by atoms with E-state index in [9.17, 15) is 18.7 Å². The second-order valence-corrected chi connectivity index (χ2v) is 3.83. The fourth-order valence-corrected chi connectivity index (χ4v) is 1.63. The number of para-hydroxylation sites is 1. The first kappa shape index (κ1) is 13.2. The van der Waals surface area contributed by atoms with Crippen molar-refractivity contribution in [2.75, 3.05) is 7.05 Å². The molecule has 0 fully saturated rings. The summed E-state index contributed by atoms with van der Waals surface area (Å²) in [7, 11) is 1.61. The van der Waals surface area contributed by atoms with Gasteiger partial charge in [0.2, 0.25) is 0 Å². The van der Waals surface area contributed by atoms with Crippen LogP contribution in [-0.2, 0) is 6.54 Å². The first-order chi connectivity index (χ1) is 9.04. The number of benzene rings is 1. The molecule has 0 saturated carbocycles. The van der Waals surface area contributed by atoms with Gasteiger partial charge in [0.1, 0.15) is 17.1 Å². The smallest absolute Gasteiger partial charge is 0.275 e. The van der Waals surface area contributed by atoms with Crippen LogP contribution in [0.4, 0.5) is 8.78 Å². The molecule has 19 heavy (non-hydrogen) atoms. The van der Waals surface area contributed by atoms with Crippen molar-refractivity contribution in [3.05, 3.63) is 51.9 Å². The highest BCUT2D eigenvalue weighted by Gasteiger charge is 2.15. The summed E-state index contributed by atoms with van der Waals surface area (Å²) in [6.07, 6.45) is 0. The lowest BCUT2D eigenvalue weighted by molar-refractivity contribution is 0.451. The maximum atomic E-state index is 13.6. The van der Waals surface area contributed by atoms with Gasteiger partial charge in [-0.25, -0.2) is 8.78 Å². The molecule has 0 radical (unpaired) electrons. The average molecular weight is 267 g/mol. The summed E-state index contributed by atoms with van der Waals surface area (Å²) in [6.45, 7) is 0.155. The molecule has 2 rings (SSSR count). The number of nitrogens with one attached hydrogen (secondary N) is 1.